The second kappa shape index (κ2) is 6.96. The summed E-state index contributed by atoms with van der Waals surface area (Å²) in [7, 11) is 1.23. The van der Waals surface area contributed by atoms with Crippen molar-refractivity contribution >= 4 is 24.3 Å². The number of carbonyl (C=O) groups is 2. The molecule has 0 aromatic heterocycles. The molecule has 1 aromatic rings. The lowest BCUT2D eigenvalue weighted by Crippen LogP contribution is -2.17. The molecular weight excluding hydrogens is 274 g/mol. The molecule has 0 saturated heterocycles. The molecule has 0 unspecified atom stereocenters. The fourth-order valence-electron chi connectivity index (χ4n) is 1.59. The molecule has 0 aliphatic carbocycles. The van der Waals surface area contributed by atoms with Crippen LogP contribution in [0.2, 0.25) is 0 Å². The van der Waals surface area contributed by atoms with Crippen molar-refractivity contribution in [3.05, 3.63) is 28.8 Å². The van der Waals surface area contributed by atoms with Gasteiger partial charge in [-0.05, 0) is 24.6 Å². The molecule has 0 spiro atoms. The van der Waals surface area contributed by atoms with Crippen LogP contribution in [0.5, 0.6) is 5.75 Å². The zero-order valence-corrected chi connectivity index (χ0v) is 11.4. The summed E-state index contributed by atoms with van der Waals surface area (Å²) in [5.74, 6) is -1.75. The minimum atomic E-state index is -1.12. The van der Waals surface area contributed by atoms with Crippen LogP contribution in [-0.2, 0) is 9.53 Å². The van der Waals surface area contributed by atoms with Gasteiger partial charge in [0.15, 0.2) is 0 Å². The first-order valence-corrected chi connectivity index (χ1v) is 5.26. The number of halogens is 1. The number of aromatic carboxylic acids is 1. The molecular formula is C12H16ClNO5. The van der Waals surface area contributed by atoms with Gasteiger partial charge in [-0.3, -0.25) is 4.79 Å². The number of benzene rings is 1. The van der Waals surface area contributed by atoms with Crippen molar-refractivity contribution in [2.45, 2.75) is 19.4 Å². The van der Waals surface area contributed by atoms with E-state index in [1.165, 1.54) is 19.2 Å². The molecule has 106 valence electrons. The molecule has 4 N–H and O–H groups in total. The lowest BCUT2D eigenvalue weighted by Gasteiger charge is -2.15. The van der Waals surface area contributed by atoms with Gasteiger partial charge in [-0.15, -0.1) is 12.4 Å². The molecule has 0 saturated carbocycles. The summed E-state index contributed by atoms with van der Waals surface area (Å²) in [6, 6.07) is 1.79. The molecule has 0 fully saturated rings. The molecule has 1 aromatic carbocycles. The Morgan fingerprint density at radius 3 is 2.47 bits per heavy atom. The number of aromatic hydroxyl groups is 1. The maximum absolute atomic E-state index is 11.1. The SMILES string of the molecule is COC(=O)C[C@H](N)c1cc(C(=O)O)cc(C)c1O.Cl. The third-order valence-electron chi connectivity index (χ3n) is 2.59. The molecule has 0 aliphatic heterocycles. The molecule has 0 bridgehead atoms. The van der Waals surface area contributed by atoms with Gasteiger partial charge in [-0.2, -0.15) is 0 Å². The number of methoxy groups -OCH3 is 1. The monoisotopic (exact) mass is 289 g/mol. The first-order valence-electron chi connectivity index (χ1n) is 5.26. The second-order valence-corrected chi connectivity index (χ2v) is 3.92. The number of esters is 1. The number of aryl methyl sites for hydroxylation is 1. The number of nitrogens with two attached hydrogens (primary N) is 1. The van der Waals surface area contributed by atoms with Gasteiger partial charge in [0.1, 0.15) is 5.75 Å². The third kappa shape index (κ3) is 4.11. The van der Waals surface area contributed by atoms with Crippen LogP contribution in [0, 0.1) is 6.92 Å². The van der Waals surface area contributed by atoms with Crippen LogP contribution in [0.3, 0.4) is 0 Å². The number of ether oxygens (including phenoxy) is 1. The van der Waals surface area contributed by atoms with E-state index in [9.17, 15) is 14.7 Å². The van der Waals surface area contributed by atoms with Crippen LogP contribution < -0.4 is 5.73 Å². The van der Waals surface area contributed by atoms with E-state index in [2.05, 4.69) is 4.74 Å². The molecule has 0 radical (unpaired) electrons. The van der Waals surface area contributed by atoms with E-state index in [0.29, 0.717) is 5.56 Å². The van der Waals surface area contributed by atoms with Gasteiger partial charge in [-0.25, -0.2) is 4.79 Å². The van der Waals surface area contributed by atoms with E-state index >= 15 is 0 Å². The van der Waals surface area contributed by atoms with Crippen LogP contribution in [0.4, 0.5) is 0 Å². The molecule has 1 rings (SSSR count). The van der Waals surface area contributed by atoms with E-state index in [4.69, 9.17) is 10.8 Å². The van der Waals surface area contributed by atoms with Gasteiger partial charge in [0, 0.05) is 11.6 Å². The Morgan fingerprint density at radius 2 is 2.00 bits per heavy atom. The Kier molecular flexibility index (Phi) is 6.31. The van der Waals surface area contributed by atoms with Crippen molar-refractivity contribution in [3.8, 4) is 5.75 Å². The van der Waals surface area contributed by atoms with Crippen LogP contribution in [0.1, 0.15) is 33.9 Å². The predicted molar refractivity (Wildman–Crippen MR) is 70.6 cm³/mol. The molecule has 0 aliphatic rings. The second-order valence-electron chi connectivity index (χ2n) is 3.92. The molecule has 0 amide bonds. The van der Waals surface area contributed by atoms with Crippen molar-refractivity contribution in [3.63, 3.8) is 0 Å². The van der Waals surface area contributed by atoms with Crippen LogP contribution in [0.15, 0.2) is 12.1 Å². The van der Waals surface area contributed by atoms with E-state index in [0.717, 1.165) is 0 Å². The van der Waals surface area contributed by atoms with Gasteiger partial charge in [-0.1, -0.05) is 0 Å². The fraction of sp³-hybridized carbons (Fsp3) is 0.333. The van der Waals surface area contributed by atoms with E-state index in [1.54, 1.807) is 6.92 Å². The first-order chi connectivity index (χ1) is 8.36. The molecule has 1 atom stereocenters. The van der Waals surface area contributed by atoms with Crippen molar-refractivity contribution in [1.29, 1.82) is 0 Å². The third-order valence-corrected chi connectivity index (χ3v) is 2.59. The summed E-state index contributed by atoms with van der Waals surface area (Å²) >= 11 is 0. The maximum atomic E-state index is 11.1. The van der Waals surface area contributed by atoms with Gasteiger partial charge in [0.25, 0.3) is 0 Å². The van der Waals surface area contributed by atoms with Crippen LogP contribution in [-0.4, -0.2) is 29.3 Å². The minimum absolute atomic E-state index is 0. The topological polar surface area (TPSA) is 110 Å². The summed E-state index contributed by atoms with van der Waals surface area (Å²) in [4.78, 5) is 22.0. The Labute approximate surface area is 116 Å². The summed E-state index contributed by atoms with van der Waals surface area (Å²) in [6.07, 6.45) is -0.132. The Bertz CT molecular complexity index is 489. The largest absolute Gasteiger partial charge is 0.507 e. The molecule has 0 heterocycles. The van der Waals surface area contributed by atoms with Gasteiger partial charge in [0.05, 0.1) is 19.1 Å². The summed E-state index contributed by atoms with van der Waals surface area (Å²) in [5, 5.41) is 18.8. The van der Waals surface area contributed by atoms with Gasteiger partial charge < -0.3 is 20.7 Å². The standard InChI is InChI=1S/C12H15NO5.ClH/c1-6-3-7(12(16)17)4-8(11(6)15)9(13)5-10(14)18-2;/h3-4,9,15H,5,13H2,1-2H3,(H,16,17);1H/t9-;/m0./s1. The Balaban J connectivity index is 0.00000324. The Morgan fingerprint density at radius 1 is 1.42 bits per heavy atom. The smallest absolute Gasteiger partial charge is 0.335 e. The van der Waals surface area contributed by atoms with E-state index < -0.39 is 18.0 Å². The van der Waals surface area contributed by atoms with Gasteiger partial charge in [0.2, 0.25) is 0 Å². The summed E-state index contributed by atoms with van der Waals surface area (Å²) in [5.41, 5.74) is 6.38. The normalized spacial score (nSPS) is 11.3. The summed E-state index contributed by atoms with van der Waals surface area (Å²) < 4.78 is 4.47. The predicted octanol–water partition coefficient (Wildman–Crippen LogP) is 1.38. The van der Waals surface area contributed by atoms with Gasteiger partial charge >= 0.3 is 11.9 Å². The number of hydrogen-bond donors (Lipinski definition) is 3. The van der Waals surface area contributed by atoms with Crippen molar-refractivity contribution in [1.82, 2.24) is 0 Å². The number of phenols is 1. The number of phenolic OH excluding ortho intramolecular Hbond substituents is 1. The average molecular weight is 290 g/mol. The van der Waals surface area contributed by atoms with Crippen molar-refractivity contribution in [2.24, 2.45) is 5.73 Å². The number of carbonyl (C=O) groups excluding carboxylic acids is 1. The molecule has 6 nitrogen and oxygen atoms in total. The highest BCUT2D eigenvalue weighted by Gasteiger charge is 2.19. The lowest BCUT2D eigenvalue weighted by atomic mass is 9.98. The van der Waals surface area contributed by atoms with Crippen LogP contribution >= 0.6 is 12.4 Å². The highest BCUT2D eigenvalue weighted by atomic mass is 35.5. The lowest BCUT2D eigenvalue weighted by molar-refractivity contribution is -0.141. The number of hydrogen-bond acceptors (Lipinski definition) is 5. The van der Waals surface area contributed by atoms with Crippen LogP contribution in [0.25, 0.3) is 0 Å². The average Bonchev–Trinajstić information content (AvgIpc) is 2.31. The number of carboxylic acids is 1. The molecule has 19 heavy (non-hydrogen) atoms. The number of carboxylic acid groups (broad SMARTS) is 1. The minimum Gasteiger partial charge on any atom is -0.507 e. The maximum Gasteiger partial charge on any atom is 0.335 e. The Hall–Kier alpha value is -1.79. The first kappa shape index (κ1) is 17.2. The van der Waals surface area contributed by atoms with Crippen molar-refractivity contribution in [2.75, 3.05) is 7.11 Å². The highest BCUT2D eigenvalue weighted by Crippen LogP contribution is 2.29. The van der Waals surface area contributed by atoms with Crippen molar-refractivity contribution < 1.29 is 24.5 Å². The quantitative estimate of drug-likeness (QED) is 0.722. The number of rotatable bonds is 4. The zero-order chi connectivity index (χ0) is 13.9. The fourth-order valence-corrected chi connectivity index (χ4v) is 1.59. The van der Waals surface area contributed by atoms with E-state index in [1.807, 2.05) is 0 Å². The zero-order valence-electron chi connectivity index (χ0n) is 10.5. The molecule has 7 heteroatoms. The summed E-state index contributed by atoms with van der Waals surface area (Å²) in [6.45, 7) is 1.57. The highest BCUT2D eigenvalue weighted by molar-refractivity contribution is 5.88. The van der Waals surface area contributed by atoms with E-state index in [-0.39, 0.29) is 35.7 Å².